The minimum Gasteiger partial charge on any atom is -0.379 e. The molecule has 1 aliphatic heterocycles. The van der Waals surface area contributed by atoms with E-state index in [1.165, 1.54) is 34.5 Å². The van der Waals surface area contributed by atoms with Gasteiger partial charge >= 0.3 is 0 Å². The van der Waals surface area contributed by atoms with Crippen LogP contribution in [-0.4, -0.2) is 69.3 Å². The highest BCUT2D eigenvalue weighted by Crippen LogP contribution is 2.28. The number of carbonyl (C=O) groups is 2. The lowest BCUT2D eigenvalue weighted by Gasteiger charge is -2.26. The van der Waals surface area contributed by atoms with E-state index in [4.69, 9.17) is 16.3 Å². The number of hydrogen-bond acceptors (Lipinski definition) is 5. The van der Waals surface area contributed by atoms with Crippen molar-refractivity contribution in [2.24, 2.45) is 0 Å². The van der Waals surface area contributed by atoms with Crippen LogP contribution in [0.15, 0.2) is 41.3 Å². The number of rotatable bonds is 6. The molecule has 2 amide bonds. The third-order valence-corrected chi connectivity index (χ3v) is 7.38. The maximum absolute atomic E-state index is 12.9. The molecule has 1 N–H and O–H groups in total. The third-order valence-electron chi connectivity index (χ3n) is 5.00. The number of amides is 2. The van der Waals surface area contributed by atoms with Crippen LogP contribution < -0.4 is 5.32 Å². The number of hydrogen-bond donors (Lipinski definition) is 1. The fourth-order valence-electron chi connectivity index (χ4n) is 3.51. The Kier molecular flexibility index (Phi) is 7.55. The van der Waals surface area contributed by atoms with Crippen molar-refractivity contribution in [3.8, 4) is 0 Å². The molecule has 32 heavy (non-hydrogen) atoms. The second kappa shape index (κ2) is 9.99. The second-order valence-electron chi connectivity index (χ2n) is 7.75. The van der Waals surface area contributed by atoms with Crippen molar-refractivity contribution >= 4 is 39.1 Å². The Bertz CT molecular complexity index is 1110. The summed E-state index contributed by atoms with van der Waals surface area (Å²) < 4.78 is 32.4. The number of sulfonamides is 1. The molecule has 1 heterocycles. The molecule has 0 saturated carbocycles. The van der Waals surface area contributed by atoms with Gasteiger partial charge in [0, 0.05) is 31.4 Å². The monoisotopic (exact) mass is 479 g/mol. The van der Waals surface area contributed by atoms with Crippen molar-refractivity contribution in [1.29, 1.82) is 0 Å². The summed E-state index contributed by atoms with van der Waals surface area (Å²) in [5, 5.41) is 2.71. The number of aryl methyl sites for hydroxylation is 2. The van der Waals surface area contributed by atoms with E-state index in [1.54, 1.807) is 12.1 Å². The van der Waals surface area contributed by atoms with Gasteiger partial charge in [0.15, 0.2) is 0 Å². The number of benzene rings is 2. The fraction of sp³-hybridized carbons (Fsp3) is 0.364. The smallest absolute Gasteiger partial charge is 0.254 e. The quantitative estimate of drug-likeness (QED) is 0.687. The molecular weight excluding hydrogens is 454 g/mol. The Morgan fingerprint density at radius 3 is 2.34 bits per heavy atom. The van der Waals surface area contributed by atoms with E-state index in [0.717, 1.165) is 11.1 Å². The van der Waals surface area contributed by atoms with Crippen LogP contribution in [0, 0.1) is 13.8 Å². The molecule has 10 heteroatoms. The molecular formula is C22H26ClN3O5S. The van der Waals surface area contributed by atoms with Gasteiger partial charge in [0.05, 0.1) is 24.8 Å². The lowest BCUT2D eigenvalue weighted by molar-refractivity contribution is -0.116. The number of nitrogens with zero attached hydrogens (tertiary/aromatic N) is 2. The fourth-order valence-corrected chi connectivity index (χ4v) is 5.42. The van der Waals surface area contributed by atoms with E-state index in [0.29, 0.717) is 18.8 Å². The highest BCUT2D eigenvalue weighted by Gasteiger charge is 2.28. The molecule has 3 rings (SSSR count). The van der Waals surface area contributed by atoms with Gasteiger partial charge in [-0.05, 0) is 44.2 Å². The topological polar surface area (TPSA) is 96.0 Å². The number of ether oxygens (including phenoxy) is 1. The molecule has 172 valence electrons. The van der Waals surface area contributed by atoms with Crippen LogP contribution in [0.25, 0.3) is 0 Å². The van der Waals surface area contributed by atoms with Gasteiger partial charge in [-0.1, -0.05) is 28.8 Å². The summed E-state index contributed by atoms with van der Waals surface area (Å²) in [6, 6.07) is 9.78. The molecule has 1 fully saturated rings. The van der Waals surface area contributed by atoms with Crippen LogP contribution in [-0.2, 0) is 19.6 Å². The Labute approximate surface area is 193 Å². The van der Waals surface area contributed by atoms with Crippen LogP contribution in [0.4, 0.5) is 5.69 Å². The van der Waals surface area contributed by atoms with Crippen molar-refractivity contribution in [3.63, 3.8) is 0 Å². The molecule has 0 aliphatic carbocycles. The zero-order chi connectivity index (χ0) is 23.5. The molecule has 8 nitrogen and oxygen atoms in total. The summed E-state index contributed by atoms with van der Waals surface area (Å²) in [5.74, 6) is -0.735. The van der Waals surface area contributed by atoms with Gasteiger partial charge in [-0.15, -0.1) is 0 Å². The summed E-state index contributed by atoms with van der Waals surface area (Å²) in [4.78, 5) is 26.4. The van der Waals surface area contributed by atoms with Crippen LogP contribution in [0.3, 0.4) is 0 Å². The van der Waals surface area contributed by atoms with Gasteiger partial charge in [0.25, 0.3) is 5.91 Å². The van der Waals surface area contributed by atoms with E-state index in [9.17, 15) is 18.0 Å². The first-order valence-corrected chi connectivity index (χ1v) is 11.9. The average Bonchev–Trinajstić information content (AvgIpc) is 2.74. The van der Waals surface area contributed by atoms with Gasteiger partial charge in [0.1, 0.15) is 4.90 Å². The van der Waals surface area contributed by atoms with Crippen LogP contribution in [0.2, 0.25) is 5.02 Å². The zero-order valence-corrected chi connectivity index (χ0v) is 19.8. The maximum atomic E-state index is 12.9. The summed E-state index contributed by atoms with van der Waals surface area (Å²) >= 11 is 6.15. The highest BCUT2D eigenvalue weighted by atomic mass is 35.5. The number of anilines is 1. The van der Waals surface area contributed by atoms with E-state index >= 15 is 0 Å². The molecule has 1 aliphatic rings. The highest BCUT2D eigenvalue weighted by molar-refractivity contribution is 7.89. The second-order valence-corrected chi connectivity index (χ2v) is 10.1. The minimum atomic E-state index is -3.83. The Balaban J connectivity index is 1.71. The number of nitrogens with one attached hydrogen (secondary N) is 1. The molecule has 0 radical (unpaired) electrons. The normalized spacial score (nSPS) is 14.8. The van der Waals surface area contributed by atoms with E-state index < -0.39 is 15.9 Å². The first-order chi connectivity index (χ1) is 15.1. The van der Waals surface area contributed by atoms with Gasteiger partial charge in [-0.2, -0.15) is 4.31 Å². The lowest BCUT2D eigenvalue weighted by Crippen LogP contribution is -2.40. The lowest BCUT2D eigenvalue weighted by atomic mass is 10.1. The van der Waals surface area contributed by atoms with Crippen molar-refractivity contribution in [1.82, 2.24) is 9.21 Å². The largest absolute Gasteiger partial charge is 0.379 e. The molecule has 2 aromatic carbocycles. The standard InChI is InChI=1S/C22H26ClN3O5S/c1-15-10-16(2)12-17(11-15)22(28)25(3)14-21(27)24-18-4-5-19(23)20(13-18)32(29,30)26-6-8-31-9-7-26/h4-5,10-13H,6-9,14H2,1-3H3,(H,24,27). The molecule has 0 unspecified atom stereocenters. The average molecular weight is 480 g/mol. The Morgan fingerprint density at radius 2 is 1.72 bits per heavy atom. The predicted molar refractivity (Wildman–Crippen MR) is 123 cm³/mol. The molecule has 0 bridgehead atoms. The SMILES string of the molecule is Cc1cc(C)cc(C(=O)N(C)CC(=O)Nc2ccc(Cl)c(S(=O)(=O)N3CCOCC3)c2)c1. The molecule has 2 aromatic rings. The van der Waals surface area contributed by atoms with Gasteiger partial charge in [0.2, 0.25) is 15.9 Å². The Hall–Kier alpha value is -2.46. The number of likely N-dealkylation sites (N-methyl/N-ethyl adjacent to an activating group) is 1. The summed E-state index contributed by atoms with van der Waals surface area (Å²) in [6.07, 6.45) is 0. The Morgan fingerprint density at radius 1 is 1.09 bits per heavy atom. The molecule has 0 aromatic heterocycles. The van der Waals surface area contributed by atoms with Crippen molar-refractivity contribution < 1.29 is 22.7 Å². The van der Waals surface area contributed by atoms with E-state index in [2.05, 4.69) is 5.32 Å². The van der Waals surface area contributed by atoms with Crippen molar-refractivity contribution in [2.75, 3.05) is 45.2 Å². The first kappa shape index (κ1) is 24.2. The summed E-state index contributed by atoms with van der Waals surface area (Å²) in [6.45, 7) is 4.71. The van der Waals surface area contributed by atoms with Gasteiger partial charge < -0.3 is 15.0 Å². The minimum absolute atomic E-state index is 0.0663. The number of halogens is 1. The zero-order valence-electron chi connectivity index (χ0n) is 18.2. The third kappa shape index (κ3) is 5.66. The first-order valence-electron chi connectivity index (χ1n) is 10.1. The maximum Gasteiger partial charge on any atom is 0.254 e. The van der Waals surface area contributed by atoms with Crippen LogP contribution >= 0.6 is 11.6 Å². The van der Waals surface area contributed by atoms with Gasteiger partial charge in [-0.25, -0.2) is 8.42 Å². The molecule has 0 atom stereocenters. The van der Waals surface area contributed by atoms with E-state index in [-0.39, 0.29) is 41.1 Å². The summed E-state index contributed by atoms with van der Waals surface area (Å²) in [5.41, 5.74) is 2.70. The number of carbonyl (C=O) groups excluding carboxylic acids is 2. The van der Waals surface area contributed by atoms with E-state index in [1.807, 2.05) is 19.9 Å². The predicted octanol–water partition coefficient (Wildman–Crippen LogP) is 2.69. The van der Waals surface area contributed by atoms with Crippen molar-refractivity contribution in [2.45, 2.75) is 18.7 Å². The van der Waals surface area contributed by atoms with Crippen LogP contribution in [0.1, 0.15) is 21.5 Å². The molecule has 1 saturated heterocycles. The van der Waals surface area contributed by atoms with Crippen LogP contribution in [0.5, 0.6) is 0 Å². The molecule has 0 spiro atoms. The van der Waals surface area contributed by atoms with Crippen molar-refractivity contribution in [3.05, 3.63) is 58.1 Å². The summed E-state index contributed by atoms with van der Waals surface area (Å²) in [7, 11) is -2.29. The number of morpholine rings is 1. The van der Waals surface area contributed by atoms with Gasteiger partial charge in [-0.3, -0.25) is 9.59 Å².